The van der Waals surface area contributed by atoms with E-state index in [1.807, 2.05) is 18.6 Å². The Morgan fingerprint density at radius 3 is 3.07 bits per heavy atom. The van der Waals surface area contributed by atoms with Gasteiger partial charge in [-0.2, -0.15) is 0 Å². The highest BCUT2D eigenvalue weighted by molar-refractivity contribution is 7.09. The molecule has 1 fully saturated rings. The summed E-state index contributed by atoms with van der Waals surface area (Å²) in [6, 6.07) is 0. The van der Waals surface area contributed by atoms with Gasteiger partial charge >= 0.3 is 5.97 Å². The Balaban J connectivity index is 1.94. The maximum atomic E-state index is 10.9. The monoisotopic (exact) mass is 226 g/mol. The molecule has 1 aliphatic rings. The molecule has 1 saturated heterocycles. The summed E-state index contributed by atoms with van der Waals surface area (Å²) in [5, 5.41) is 8.99. The van der Waals surface area contributed by atoms with Crippen LogP contribution in [0.5, 0.6) is 0 Å². The van der Waals surface area contributed by atoms with Crippen LogP contribution in [0.3, 0.4) is 0 Å². The van der Waals surface area contributed by atoms with Crippen molar-refractivity contribution in [1.82, 2.24) is 9.88 Å². The van der Waals surface area contributed by atoms with Gasteiger partial charge in [0.15, 0.2) is 0 Å². The number of carboxylic acid groups (broad SMARTS) is 1. The molecular weight excluding hydrogens is 212 g/mol. The molecule has 4 nitrogen and oxygen atoms in total. The SMILES string of the molecule is CC1CN(Cc2cncs2)CC1C(=O)O. The fourth-order valence-corrected chi connectivity index (χ4v) is 2.69. The van der Waals surface area contributed by atoms with Gasteiger partial charge in [-0.1, -0.05) is 6.92 Å². The molecule has 0 aromatic carbocycles. The van der Waals surface area contributed by atoms with Crippen LogP contribution in [0.15, 0.2) is 11.7 Å². The third-order valence-corrected chi connectivity index (χ3v) is 3.63. The van der Waals surface area contributed by atoms with Crippen LogP contribution in [0.2, 0.25) is 0 Å². The lowest BCUT2D eigenvalue weighted by Gasteiger charge is -2.12. The second-order valence-electron chi connectivity index (χ2n) is 4.08. The average molecular weight is 226 g/mol. The van der Waals surface area contributed by atoms with Crippen molar-refractivity contribution in [2.24, 2.45) is 11.8 Å². The van der Waals surface area contributed by atoms with Gasteiger partial charge in [-0.05, 0) is 5.92 Å². The molecule has 82 valence electrons. The van der Waals surface area contributed by atoms with Crippen molar-refractivity contribution in [3.8, 4) is 0 Å². The van der Waals surface area contributed by atoms with E-state index in [9.17, 15) is 4.79 Å². The van der Waals surface area contributed by atoms with Crippen LogP contribution < -0.4 is 0 Å². The lowest BCUT2D eigenvalue weighted by molar-refractivity contribution is -0.142. The molecule has 0 radical (unpaired) electrons. The molecule has 15 heavy (non-hydrogen) atoms. The standard InChI is InChI=1S/C10H14N2O2S/c1-7-3-12(5-9(7)10(13)14)4-8-2-11-6-15-8/h2,6-7,9H,3-5H2,1H3,(H,13,14). The van der Waals surface area contributed by atoms with Crippen LogP contribution in [0, 0.1) is 11.8 Å². The Kier molecular flexibility index (Phi) is 3.02. The lowest BCUT2D eigenvalue weighted by Crippen LogP contribution is -2.22. The zero-order valence-electron chi connectivity index (χ0n) is 8.59. The second-order valence-corrected chi connectivity index (χ2v) is 5.05. The number of aliphatic carboxylic acids is 1. The average Bonchev–Trinajstić information content (AvgIpc) is 2.75. The number of likely N-dealkylation sites (tertiary alicyclic amines) is 1. The molecule has 0 saturated carbocycles. The first-order valence-corrected chi connectivity index (χ1v) is 5.87. The molecule has 1 aliphatic heterocycles. The molecule has 1 N–H and O–H groups in total. The van der Waals surface area contributed by atoms with E-state index < -0.39 is 5.97 Å². The number of thiazole rings is 1. The van der Waals surface area contributed by atoms with Crippen LogP contribution in [0.1, 0.15) is 11.8 Å². The molecule has 2 unspecified atom stereocenters. The lowest BCUT2D eigenvalue weighted by atomic mass is 9.99. The molecule has 2 atom stereocenters. The number of hydrogen-bond donors (Lipinski definition) is 1. The van der Waals surface area contributed by atoms with Crippen LogP contribution in [0.4, 0.5) is 0 Å². The van der Waals surface area contributed by atoms with Crippen molar-refractivity contribution in [1.29, 1.82) is 0 Å². The number of carboxylic acids is 1. The first kappa shape index (κ1) is 10.6. The van der Waals surface area contributed by atoms with Gasteiger partial charge in [-0.3, -0.25) is 14.7 Å². The van der Waals surface area contributed by atoms with E-state index in [2.05, 4.69) is 9.88 Å². The smallest absolute Gasteiger partial charge is 0.308 e. The molecule has 0 amide bonds. The molecular formula is C10H14N2O2S. The van der Waals surface area contributed by atoms with Gasteiger partial charge in [0.25, 0.3) is 0 Å². The minimum atomic E-state index is -0.672. The van der Waals surface area contributed by atoms with Gasteiger partial charge < -0.3 is 5.11 Å². The number of carbonyl (C=O) groups is 1. The summed E-state index contributed by atoms with van der Waals surface area (Å²) in [7, 11) is 0. The van der Waals surface area contributed by atoms with E-state index in [-0.39, 0.29) is 11.8 Å². The molecule has 2 heterocycles. The normalized spacial score (nSPS) is 27.0. The summed E-state index contributed by atoms with van der Waals surface area (Å²) in [5.41, 5.74) is 1.81. The van der Waals surface area contributed by atoms with Crippen molar-refractivity contribution >= 4 is 17.3 Å². The van der Waals surface area contributed by atoms with Gasteiger partial charge in [-0.25, -0.2) is 0 Å². The fraction of sp³-hybridized carbons (Fsp3) is 0.600. The maximum Gasteiger partial charge on any atom is 0.308 e. The Bertz CT molecular complexity index is 339. The molecule has 1 aromatic heterocycles. The van der Waals surface area contributed by atoms with E-state index >= 15 is 0 Å². The van der Waals surface area contributed by atoms with Crippen molar-refractivity contribution in [3.63, 3.8) is 0 Å². The topological polar surface area (TPSA) is 53.4 Å². The van der Waals surface area contributed by atoms with Gasteiger partial charge in [-0.15, -0.1) is 11.3 Å². The first-order chi connectivity index (χ1) is 7.16. The van der Waals surface area contributed by atoms with Crippen LogP contribution >= 0.6 is 11.3 Å². The summed E-state index contributed by atoms with van der Waals surface area (Å²) >= 11 is 1.62. The Morgan fingerprint density at radius 2 is 2.53 bits per heavy atom. The quantitative estimate of drug-likeness (QED) is 0.844. The van der Waals surface area contributed by atoms with E-state index in [0.717, 1.165) is 13.1 Å². The van der Waals surface area contributed by atoms with Gasteiger partial charge in [0, 0.05) is 30.7 Å². The molecule has 0 aliphatic carbocycles. The molecule has 0 spiro atoms. The number of nitrogens with zero attached hydrogens (tertiary/aromatic N) is 2. The highest BCUT2D eigenvalue weighted by atomic mass is 32.1. The first-order valence-electron chi connectivity index (χ1n) is 4.99. The third-order valence-electron chi connectivity index (χ3n) is 2.87. The van der Waals surface area contributed by atoms with Crippen LogP contribution in [-0.4, -0.2) is 34.0 Å². The van der Waals surface area contributed by atoms with Gasteiger partial charge in [0.1, 0.15) is 0 Å². The maximum absolute atomic E-state index is 10.9. The highest BCUT2D eigenvalue weighted by Gasteiger charge is 2.34. The van der Waals surface area contributed by atoms with Gasteiger partial charge in [0.05, 0.1) is 11.4 Å². The summed E-state index contributed by atoms with van der Waals surface area (Å²) in [5.74, 6) is -0.636. The van der Waals surface area contributed by atoms with Crippen molar-refractivity contribution in [3.05, 3.63) is 16.6 Å². The summed E-state index contributed by atoms with van der Waals surface area (Å²) in [6.45, 7) is 4.37. The summed E-state index contributed by atoms with van der Waals surface area (Å²) in [6.07, 6.45) is 1.85. The van der Waals surface area contributed by atoms with E-state index in [1.54, 1.807) is 11.3 Å². The summed E-state index contributed by atoms with van der Waals surface area (Å²) in [4.78, 5) is 18.3. The Hall–Kier alpha value is -0.940. The van der Waals surface area contributed by atoms with E-state index in [1.165, 1.54) is 4.88 Å². The number of hydrogen-bond acceptors (Lipinski definition) is 4. The minimum absolute atomic E-state index is 0.210. The highest BCUT2D eigenvalue weighted by Crippen LogP contribution is 2.25. The Labute approximate surface area is 92.6 Å². The fourth-order valence-electron chi connectivity index (χ4n) is 2.06. The predicted molar refractivity (Wildman–Crippen MR) is 57.7 cm³/mol. The molecule has 5 heteroatoms. The number of rotatable bonds is 3. The third kappa shape index (κ3) is 2.35. The van der Waals surface area contributed by atoms with E-state index in [0.29, 0.717) is 6.54 Å². The largest absolute Gasteiger partial charge is 0.481 e. The zero-order valence-corrected chi connectivity index (χ0v) is 9.41. The Morgan fingerprint density at radius 1 is 1.73 bits per heavy atom. The van der Waals surface area contributed by atoms with Gasteiger partial charge in [0.2, 0.25) is 0 Å². The van der Waals surface area contributed by atoms with E-state index in [4.69, 9.17) is 5.11 Å². The molecule has 1 aromatic rings. The van der Waals surface area contributed by atoms with Crippen molar-refractivity contribution in [2.75, 3.05) is 13.1 Å². The van der Waals surface area contributed by atoms with Crippen LogP contribution in [-0.2, 0) is 11.3 Å². The van der Waals surface area contributed by atoms with Crippen molar-refractivity contribution in [2.45, 2.75) is 13.5 Å². The number of aromatic nitrogens is 1. The predicted octanol–water partition coefficient (Wildman–Crippen LogP) is 1.30. The van der Waals surface area contributed by atoms with Crippen molar-refractivity contribution < 1.29 is 9.90 Å². The minimum Gasteiger partial charge on any atom is -0.481 e. The van der Waals surface area contributed by atoms with Crippen LogP contribution in [0.25, 0.3) is 0 Å². The second kappa shape index (κ2) is 4.28. The molecule has 2 rings (SSSR count). The molecule has 0 bridgehead atoms. The summed E-state index contributed by atoms with van der Waals surface area (Å²) < 4.78 is 0. The zero-order chi connectivity index (χ0) is 10.8.